The second kappa shape index (κ2) is 14.0. The van der Waals surface area contributed by atoms with E-state index >= 15 is 0 Å². The van der Waals surface area contributed by atoms with Gasteiger partial charge in [-0.15, -0.1) is 0 Å². The predicted molar refractivity (Wildman–Crippen MR) is 79.1 cm³/mol. The summed E-state index contributed by atoms with van der Waals surface area (Å²) in [6.07, 6.45) is 0. The Kier molecular flexibility index (Phi) is 17.9. The molecule has 16 heavy (non-hydrogen) atoms. The van der Waals surface area contributed by atoms with Crippen LogP contribution >= 0.6 is 0 Å². The Bertz CT molecular complexity index is 229. The molecule has 1 rings (SSSR count). The summed E-state index contributed by atoms with van der Waals surface area (Å²) in [7, 11) is 0. The molecule has 0 aliphatic heterocycles. The van der Waals surface area contributed by atoms with Crippen molar-refractivity contribution in [3.05, 3.63) is 28.8 Å². The van der Waals surface area contributed by atoms with E-state index in [-0.39, 0.29) is 0 Å². The summed E-state index contributed by atoms with van der Waals surface area (Å²) in [6.45, 7) is 18.2. The number of nitrogens with two attached hydrogens (primary N) is 1. The maximum Gasteiger partial charge on any atom is 0.0373 e. The molecule has 0 fully saturated rings. The molecule has 0 heterocycles. The molecule has 0 amide bonds. The van der Waals surface area contributed by atoms with Gasteiger partial charge in [0.15, 0.2) is 0 Å². The topological polar surface area (TPSA) is 26.0 Å². The molecule has 1 heteroatoms. The first-order valence-electron chi connectivity index (χ1n) is 6.44. The van der Waals surface area contributed by atoms with Gasteiger partial charge in [-0.2, -0.15) is 0 Å². The molecule has 0 saturated heterocycles. The molecule has 1 aromatic rings. The van der Waals surface area contributed by atoms with E-state index in [2.05, 4.69) is 19.1 Å². The highest BCUT2D eigenvalue weighted by molar-refractivity contribution is 5.54. The molecular formula is C15H31N. The monoisotopic (exact) mass is 225 g/mol. The van der Waals surface area contributed by atoms with E-state index < -0.39 is 0 Å². The molecule has 0 saturated carbocycles. The molecule has 0 aliphatic rings. The number of hydrogen-bond donors (Lipinski definition) is 1. The fourth-order valence-electron chi connectivity index (χ4n) is 1.19. The van der Waals surface area contributed by atoms with Gasteiger partial charge in [0.25, 0.3) is 0 Å². The van der Waals surface area contributed by atoms with Crippen molar-refractivity contribution in [2.45, 2.75) is 62.3 Å². The zero-order chi connectivity index (χ0) is 13.7. The normalized spacial score (nSPS) is 7.31. The lowest BCUT2D eigenvalue weighted by Crippen LogP contribution is -1.93. The van der Waals surface area contributed by atoms with Gasteiger partial charge in [-0.3, -0.25) is 0 Å². The first kappa shape index (κ1) is 20.4. The van der Waals surface area contributed by atoms with E-state index in [4.69, 9.17) is 5.73 Å². The minimum absolute atomic E-state index is 0.922. The van der Waals surface area contributed by atoms with E-state index in [0.29, 0.717) is 0 Å². The van der Waals surface area contributed by atoms with Gasteiger partial charge in [-0.1, -0.05) is 59.2 Å². The van der Waals surface area contributed by atoms with E-state index in [9.17, 15) is 0 Å². The third-order valence-electron chi connectivity index (χ3n) is 1.74. The number of aryl methyl sites for hydroxylation is 3. The summed E-state index contributed by atoms with van der Waals surface area (Å²) in [6, 6.07) is 4.20. The quantitative estimate of drug-likeness (QED) is 0.598. The Morgan fingerprint density at radius 1 is 0.688 bits per heavy atom. The van der Waals surface area contributed by atoms with E-state index in [1.54, 1.807) is 0 Å². The Morgan fingerprint density at radius 2 is 0.938 bits per heavy atom. The highest BCUT2D eigenvalue weighted by Gasteiger charge is 1.96. The van der Waals surface area contributed by atoms with Crippen molar-refractivity contribution in [2.24, 2.45) is 0 Å². The Labute approximate surface area is 103 Å². The summed E-state index contributed by atoms with van der Waals surface area (Å²) in [5.74, 6) is 0. The standard InChI is InChI=1S/C9H13N.3C2H6/c1-6-4-7(2)9(10)8(3)5-6;3*1-2/h4-5H,10H2,1-3H3;3*1-2H3. The summed E-state index contributed by atoms with van der Waals surface area (Å²) in [5, 5.41) is 0. The first-order valence-corrected chi connectivity index (χ1v) is 6.44. The fourth-order valence-corrected chi connectivity index (χ4v) is 1.19. The SMILES string of the molecule is CC.CC.CC.Cc1cc(C)c(N)c(C)c1. The number of rotatable bonds is 0. The van der Waals surface area contributed by atoms with Crippen LogP contribution < -0.4 is 5.73 Å². The Hall–Kier alpha value is -0.980. The average molecular weight is 225 g/mol. The van der Waals surface area contributed by atoms with Crippen molar-refractivity contribution in [3.8, 4) is 0 Å². The molecule has 2 N–H and O–H groups in total. The average Bonchev–Trinajstić information content (AvgIpc) is 2.33. The number of hydrogen-bond acceptors (Lipinski definition) is 1. The van der Waals surface area contributed by atoms with Crippen LogP contribution in [0, 0.1) is 20.8 Å². The molecule has 0 bridgehead atoms. The first-order chi connectivity index (χ1) is 7.61. The van der Waals surface area contributed by atoms with Gasteiger partial charge in [-0.25, -0.2) is 0 Å². The van der Waals surface area contributed by atoms with Crippen LogP contribution in [0.5, 0.6) is 0 Å². The minimum Gasteiger partial charge on any atom is -0.398 e. The Morgan fingerprint density at radius 3 is 1.19 bits per heavy atom. The third-order valence-corrected chi connectivity index (χ3v) is 1.74. The molecule has 0 unspecified atom stereocenters. The third kappa shape index (κ3) is 8.34. The van der Waals surface area contributed by atoms with Gasteiger partial charge in [0.05, 0.1) is 0 Å². The number of benzene rings is 1. The van der Waals surface area contributed by atoms with Crippen LogP contribution in [0.3, 0.4) is 0 Å². The summed E-state index contributed by atoms with van der Waals surface area (Å²) < 4.78 is 0. The summed E-state index contributed by atoms with van der Waals surface area (Å²) in [4.78, 5) is 0. The van der Waals surface area contributed by atoms with E-state index in [1.807, 2.05) is 55.4 Å². The van der Waals surface area contributed by atoms with Crippen molar-refractivity contribution in [3.63, 3.8) is 0 Å². The Balaban J connectivity index is -0.000000245. The highest BCUT2D eigenvalue weighted by atomic mass is 14.6. The van der Waals surface area contributed by atoms with Crippen molar-refractivity contribution in [2.75, 3.05) is 5.73 Å². The van der Waals surface area contributed by atoms with Crippen LogP contribution in [0.25, 0.3) is 0 Å². The molecule has 0 aromatic heterocycles. The lowest BCUT2D eigenvalue weighted by atomic mass is 10.1. The molecule has 0 spiro atoms. The van der Waals surface area contributed by atoms with Crippen LogP contribution in [0.1, 0.15) is 58.2 Å². The molecule has 1 aromatic carbocycles. The van der Waals surface area contributed by atoms with E-state index in [1.165, 1.54) is 16.7 Å². The lowest BCUT2D eigenvalue weighted by molar-refractivity contribution is 1.33. The maximum atomic E-state index is 5.75. The van der Waals surface area contributed by atoms with Gasteiger partial charge >= 0.3 is 0 Å². The smallest absolute Gasteiger partial charge is 0.0373 e. The lowest BCUT2D eigenvalue weighted by Gasteiger charge is -2.04. The molecule has 96 valence electrons. The number of anilines is 1. The molecule has 0 aliphatic carbocycles. The van der Waals surface area contributed by atoms with E-state index in [0.717, 1.165) is 5.69 Å². The molecular weight excluding hydrogens is 194 g/mol. The highest BCUT2D eigenvalue weighted by Crippen LogP contribution is 2.17. The predicted octanol–water partition coefficient (Wildman–Crippen LogP) is 5.27. The van der Waals surface area contributed by atoms with Gasteiger partial charge < -0.3 is 5.73 Å². The molecule has 0 radical (unpaired) electrons. The largest absolute Gasteiger partial charge is 0.398 e. The number of nitrogen functional groups attached to an aromatic ring is 1. The van der Waals surface area contributed by atoms with Gasteiger partial charge in [0.2, 0.25) is 0 Å². The zero-order valence-corrected chi connectivity index (χ0v) is 12.7. The van der Waals surface area contributed by atoms with Crippen LogP contribution in [-0.4, -0.2) is 0 Å². The van der Waals surface area contributed by atoms with Gasteiger partial charge in [0.1, 0.15) is 0 Å². The van der Waals surface area contributed by atoms with Crippen molar-refractivity contribution in [1.29, 1.82) is 0 Å². The zero-order valence-electron chi connectivity index (χ0n) is 12.7. The van der Waals surface area contributed by atoms with Crippen LogP contribution in [0.2, 0.25) is 0 Å². The van der Waals surface area contributed by atoms with Crippen LogP contribution in [0.15, 0.2) is 12.1 Å². The minimum atomic E-state index is 0.922. The molecule has 0 atom stereocenters. The summed E-state index contributed by atoms with van der Waals surface area (Å²) in [5.41, 5.74) is 10.3. The van der Waals surface area contributed by atoms with Crippen molar-refractivity contribution < 1.29 is 0 Å². The van der Waals surface area contributed by atoms with Crippen LogP contribution in [0.4, 0.5) is 5.69 Å². The van der Waals surface area contributed by atoms with Crippen LogP contribution in [-0.2, 0) is 0 Å². The van der Waals surface area contributed by atoms with Crippen molar-refractivity contribution >= 4 is 5.69 Å². The maximum absolute atomic E-state index is 5.75. The summed E-state index contributed by atoms with van der Waals surface area (Å²) >= 11 is 0. The fraction of sp³-hybridized carbons (Fsp3) is 0.600. The molecule has 1 nitrogen and oxygen atoms in total. The van der Waals surface area contributed by atoms with Crippen molar-refractivity contribution in [1.82, 2.24) is 0 Å². The second-order valence-electron chi connectivity index (χ2n) is 2.81. The second-order valence-corrected chi connectivity index (χ2v) is 2.81. The van der Waals surface area contributed by atoms with Gasteiger partial charge in [-0.05, 0) is 31.9 Å². The van der Waals surface area contributed by atoms with Gasteiger partial charge in [0, 0.05) is 5.69 Å².